The number of anilines is 1. The monoisotopic (exact) mass is 322 g/mol. The molecule has 116 valence electrons. The molecular formula is C14H14N2O5S. The first-order valence-corrected chi connectivity index (χ1v) is 7.74. The smallest absolute Gasteiger partial charge is 0.269 e. The Hall–Kier alpha value is -2.61. The molecule has 0 amide bonds. The molecule has 1 N–H and O–H groups in total. The largest absolute Gasteiger partial charge is 0.497 e. The summed E-state index contributed by atoms with van der Waals surface area (Å²) in [5.74, 6) is 0.520. The number of nitrogens with one attached hydrogen (secondary N) is 1. The van der Waals surface area contributed by atoms with Crippen molar-refractivity contribution in [3.63, 3.8) is 0 Å². The van der Waals surface area contributed by atoms with Gasteiger partial charge in [0.2, 0.25) is 0 Å². The molecule has 0 saturated carbocycles. The third-order valence-electron chi connectivity index (χ3n) is 3.05. The van der Waals surface area contributed by atoms with Gasteiger partial charge in [-0.1, -0.05) is 6.07 Å². The van der Waals surface area contributed by atoms with Gasteiger partial charge >= 0.3 is 0 Å². The summed E-state index contributed by atoms with van der Waals surface area (Å²) in [4.78, 5) is 9.95. The number of hydrogen-bond donors (Lipinski definition) is 1. The maximum atomic E-state index is 12.3. The maximum absolute atomic E-state index is 12.3. The van der Waals surface area contributed by atoms with E-state index in [-0.39, 0.29) is 10.6 Å². The number of rotatable bonds is 5. The Labute approximate surface area is 127 Å². The van der Waals surface area contributed by atoms with Crippen LogP contribution in [0.5, 0.6) is 5.75 Å². The van der Waals surface area contributed by atoms with E-state index in [4.69, 9.17) is 4.74 Å². The summed E-state index contributed by atoms with van der Waals surface area (Å²) in [5.41, 5.74) is 0.945. The zero-order valence-corrected chi connectivity index (χ0v) is 12.8. The van der Waals surface area contributed by atoms with Crippen LogP contribution in [0.1, 0.15) is 5.56 Å². The SMILES string of the molecule is COc1ccc(C)c(NS(=O)(=O)c2ccc([N+](=O)[O-])cc2)c1. The van der Waals surface area contributed by atoms with E-state index in [0.717, 1.165) is 17.7 Å². The number of non-ortho nitro benzene ring substituents is 1. The maximum Gasteiger partial charge on any atom is 0.269 e. The number of benzene rings is 2. The molecule has 0 aliphatic carbocycles. The van der Waals surface area contributed by atoms with Crippen LogP contribution >= 0.6 is 0 Å². The average Bonchev–Trinajstić information content (AvgIpc) is 2.49. The second-order valence-electron chi connectivity index (χ2n) is 4.54. The summed E-state index contributed by atoms with van der Waals surface area (Å²) in [5, 5.41) is 10.6. The summed E-state index contributed by atoms with van der Waals surface area (Å²) in [7, 11) is -2.35. The lowest BCUT2D eigenvalue weighted by molar-refractivity contribution is -0.384. The molecule has 0 aliphatic rings. The summed E-state index contributed by atoms with van der Waals surface area (Å²) in [6.07, 6.45) is 0. The van der Waals surface area contributed by atoms with Crippen LogP contribution in [0.15, 0.2) is 47.4 Å². The number of ether oxygens (including phenoxy) is 1. The summed E-state index contributed by atoms with van der Waals surface area (Å²) in [6.45, 7) is 1.76. The number of sulfonamides is 1. The Morgan fingerprint density at radius 2 is 1.77 bits per heavy atom. The first-order chi connectivity index (χ1) is 10.3. The molecule has 0 saturated heterocycles. The molecular weight excluding hydrogens is 308 g/mol. The van der Waals surface area contributed by atoms with Crippen LogP contribution in [-0.4, -0.2) is 20.5 Å². The van der Waals surface area contributed by atoms with Gasteiger partial charge in [-0.3, -0.25) is 14.8 Å². The highest BCUT2D eigenvalue weighted by Crippen LogP contribution is 2.25. The fraction of sp³-hybridized carbons (Fsp3) is 0.143. The summed E-state index contributed by atoms with van der Waals surface area (Å²) < 4.78 is 32.1. The Balaban J connectivity index is 2.33. The van der Waals surface area contributed by atoms with E-state index in [0.29, 0.717) is 11.4 Å². The fourth-order valence-electron chi connectivity index (χ4n) is 1.79. The van der Waals surface area contributed by atoms with Crippen molar-refractivity contribution < 1.29 is 18.1 Å². The van der Waals surface area contributed by atoms with Gasteiger partial charge in [0, 0.05) is 18.2 Å². The lowest BCUT2D eigenvalue weighted by atomic mass is 10.2. The molecule has 0 heterocycles. The van der Waals surface area contributed by atoms with Crippen molar-refractivity contribution in [3.8, 4) is 5.75 Å². The van der Waals surface area contributed by atoms with Crippen molar-refractivity contribution in [2.45, 2.75) is 11.8 Å². The van der Waals surface area contributed by atoms with Crippen LogP contribution < -0.4 is 9.46 Å². The Kier molecular flexibility index (Phi) is 4.32. The Morgan fingerprint density at radius 1 is 1.14 bits per heavy atom. The predicted octanol–water partition coefficient (Wildman–Crippen LogP) is 2.71. The predicted molar refractivity (Wildman–Crippen MR) is 81.6 cm³/mol. The minimum atomic E-state index is -3.83. The molecule has 2 aromatic rings. The van der Waals surface area contributed by atoms with Crippen molar-refractivity contribution in [1.29, 1.82) is 0 Å². The fourth-order valence-corrected chi connectivity index (χ4v) is 2.91. The first kappa shape index (κ1) is 15.8. The molecule has 2 aromatic carbocycles. The number of aryl methyl sites for hydroxylation is 1. The van der Waals surface area contributed by atoms with Crippen LogP contribution in [0.4, 0.5) is 11.4 Å². The first-order valence-electron chi connectivity index (χ1n) is 6.25. The highest BCUT2D eigenvalue weighted by Gasteiger charge is 2.17. The van der Waals surface area contributed by atoms with Crippen LogP contribution in [0, 0.1) is 17.0 Å². The van der Waals surface area contributed by atoms with E-state index in [1.165, 1.54) is 19.2 Å². The van der Waals surface area contributed by atoms with Crippen LogP contribution in [0.25, 0.3) is 0 Å². The van der Waals surface area contributed by atoms with Gasteiger partial charge in [0.25, 0.3) is 15.7 Å². The van der Waals surface area contributed by atoms with Crippen LogP contribution in [0.2, 0.25) is 0 Å². The van der Waals surface area contributed by atoms with E-state index in [2.05, 4.69) is 4.72 Å². The molecule has 22 heavy (non-hydrogen) atoms. The topological polar surface area (TPSA) is 98.5 Å². The molecule has 0 spiro atoms. The number of nitro benzene ring substituents is 1. The summed E-state index contributed by atoms with van der Waals surface area (Å²) >= 11 is 0. The van der Waals surface area contributed by atoms with E-state index >= 15 is 0 Å². The second-order valence-corrected chi connectivity index (χ2v) is 6.22. The normalized spacial score (nSPS) is 11.0. The molecule has 0 fully saturated rings. The van der Waals surface area contributed by atoms with E-state index < -0.39 is 14.9 Å². The average molecular weight is 322 g/mol. The molecule has 8 heteroatoms. The van der Waals surface area contributed by atoms with Crippen LogP contribution in [-0.2, 0) is 10.0 Å². The highest BCUT2D eigenvalue weighted by atomic mass is 32.2. The Bertz CT molecular complexity index is 800. The molecule has 0 aromatic heterocycles. The van der Waals surface area contributed by atoms with Gasteiger partial charge in [-0.05, 0) is 30.7 Å². The minimum absolute atomic E-state index is 0.0553. The molecule has 7 nitrogen and oxygen atoms in total. The quantitative estimate of drug-likeness (QED) is 0.674. The van der Waals surface area contributed by atoms with Crippen molar-refractivity contribution in [2.75, 3.05) is 11.8 Å². The molecule has 0 unspecified atom stereocenters. The van der Waals surface area contributed by atoms with E-state index in [1.54, 1.807) is 25.1 Å². The van der Waals surface area contributed by atoms with Crippen molar-refractivity contribution in [2.24, 2.45) is 0 Å². The third kappa shape index (κ3) is 3.34. The number of nitro groups is 1. The zero-order chi connectivity index (χ0) is 16.3. The lowest BCUT2D eigenvalue weighted by Gasteiger charge is -2.11. The summed E-state index contributed by atoms with van der Waals surface area (Å²) in [6, 6.07) is 9.69. The standard InChI is InChI=1S/C14H14N2O5S/c1-10-3-6-12(21-2)9-14(10)15-22(19,20)13-7-4-11(5-8-13)16(17)18/h3-9,15H,1-2H3. The van der Waals surface area contributed by atoms with Crippen molar-refractivity contribution in [1.82, 2.24) is 0 Å². The molecule has 0 radical (unpaired) electrons. The minimum Gasteiger partial charge on any atom is -0.497 e. The van der Waals surface area contributed by atoms with Gasteiger partial charge in [-0.25, -0.2) is 8.42 Å². The van der Waals surface area contributed by atoms with Gasteiger partial charge in [0.15, 0.2) is 0 Å². The molecule has 0 bridgehead atoms. The van der Waals surface area contributed by atoms with E-state index in [1.807, 2.05) is 0 Å². The van der Waals surface area contributed by atoms with Crippen LogP contribution in [0.3, 0.4) is 0 Å². The van der Waals surface area contributed by atoms with Gasteiger partial charge < -0.3 is 4.74 Å². The Morgan fingerprint density at radius 3 is 2.32 bits per heavy atom. The highest BCUT2D eigenvalue weighted by molar-refractivity contribution is 7.92. The van der Waals surface area contributed by atoms with Crippen molar-refractivity contribution >= 4 is 21.4 Å². The number of hydrogen-bond acceptors (Lipinski definition) is 5. The van der Waals surface area contributed by atoms with Gasteiger partial charge in [-0.15, -0.1) is 0 Å². The molecule has 2 rings (SSSR count). The van der Waals surface area contributed by atoms with E-state index in [9.17, 15) is 18.5 Å². The zero-order valence-electron chi connectivity index (χ0n) is 11.9. The third-order valence-corrected chi connectivity index (χ3v) is 4.43. The lowest BCUT2D eigenvalue weighted by Crippen LogP contribution is -2.13. The molecule has 0 aliphatic heterocycles. The van der Waals surface area contributed by atoms with Gasteiger partial charge in [-0.2, -0.15) is 0 Å². The number of methoxy groups -OCH3 is 1. The van der Waals surface area contributed by atoms with Crippen molar-refractivity contribution in [3.05, 3.63) is 58.1 Å². The second kappa shape index (κ2) is 6.02. The van der Waals surface area contributed by atoms with Gasteiger partial charge in [0.05, 0.1) is 22.6 Å². The number of nitrogens with zero attached hydrogens (tertiary/aromatic N) is 1. The molecule has 0 atom stereocenters. The van der Waals surface area contributed by atoms with Gasteiger partial charge in [0.1, 0.15) is 5.75 Å².